The van der Waals surface area contributed by atoms with Crippen LogP contribution >= 0.6 is 0 Å². The minimum absolute atomic E-state index is 0.0483. The summed E-state index contributed by atoms with van der Waals surface area (Å²) in [4.78, 5) is 26.9. The van der Waals surface area contributed by atoms with Crippen LogP contribution in [-0.4, -0.2) is 29.5 Å². The van der Waals surface area contributed by atoms with E-state index in [0.717, 1.165) is 16.8 Å². The van der Waals surface area contributed by atoms with Crippen molar-refractivity contribution in [2.24, 2.45) is 0 Å². The molecule has 5 aromatic rings. The molecule has 0 aliphatic carbocycles. The number of hydrogen-bond acceptors (Lipinski definition) is 4. The number of hydrogen-bond donors (Lipinski definition) is 0. The maximum Gasteiger partial charge on any atom is 0.258 e. The van der Waals surface area contributed by atoms with E-state index >= 15 is 0 Å². The van der Waals surface area contributed by atoms with Crippen molar-refractivity contribution in [1.82, 2.24) is 9.47 Å². The molecule has 0 N–H and O–H groups in total. The zero-order valence-electron chi connectivity index (χ0n) is 16.9. The minimum Gasteiger partial charge on any atom is -0.456 e. The number of halogens is 2. The molecule has 8 heteroatoms. The maximum absolute atomic E-state index is 14.8. The lowest BCUT2D eigenvalue weighted by Crippen LogP contribution is -2.29. The monoisotopic (exact) mass is 432 g/mol. The molecule has 6 rings (SSSR count). The summed E-state index contributed by atoms with van der Waals surface area (Å²) in [7, 11) is 3.02. The van der Waals surface area contributed by atoms with Crippen LogP contribution < -0.4 is 10.2 Å². The Labute approximate surface area is 178 Å². The highest BCUT2D eigenvalue weighted by molar-refractivity contribution is 6.07. The Balaban J connectivity index is 1.77. The first-order valence-corrected chi connectivity index (χ1v) is 9.77. The third-order valence-corrected chi connectivity index (χ3v) is 5.71. The van der Waals surface area contributed by atoms with Gasteiger partial charge in [0.1, 0.15) is 22.2 Å². The molecule has 2 aromatic heterocycles. The normalized spacial score (nSPS) is 12.2. The summed E-state index contributed by atoms with van der Waals surface area (Å²) in [5.41, 5.74) is 0.823. The standard InChI is InChI=1S/C24H14F2N2O4/c1-27(2)24(30)14-10-28-16-9-18-12(11-5-3-4-6-17(11)31-18)8-19(16)32-23-20(26)15(25)7-13(21(23)28)22(14)29/h3-10H,1-2H3. The Morgan fingerprint density at radius 2 is 1.78 bits per heavy atom. The summed E-state index contributed by atoms with van der Waals surface area (Å²) >= 11 is 0. The lowest BCUT2D eigenvalue weighted by molar-refractivity contribution is 0.0826. The van der Waals surface area contributed by atoms with Crippen molar-refractivity contribution < 1.29 is 22.7 Å². The number of furan rings is 1. The van der Waals surface area contributed by atoms with Crippen LogP contribution in [0.2, 0.25) is 0 Å². The Kier molecular flexibility index (Phi) is 3.57. The number of benzene rings is 3. The molecule has 3 heterocycles. The van der Waals surface area contributed by atoms with E-state index in [1.54, 1.807) is 12.1 Å². The Bertz CT molecular complexity index is 1700. The second-order valence-corrected chi connectivity index (χ2v) is 7.86. The van der Waals surface area contributed by atoms with Crippen LogP contribution in [0.1, 0.15) is 10.4 Å². The van der Waals surface area contributed by atoms with E-state index < -0.39 is 28.7 Å². The molecule has 0 spiro atoms. The number of carbonyl (C=O) groups excluding carboxylic acids is 1. The van der Waals surface area contributed by atoms with Gasteiger partial charge in [-0.2, -0.15) is 4.39 Å². The molecule has 158 valence electrons. The molecule has 0 saturated heterocycles. The fourth-order valence-electron chi connectivity index (χ4n) is 4.20. The minimum atomic E-state index is -1.23. The van der Waals surface area contributed by atoms with Crippen molar-refractivity contribution in [2.75, 3.05) is 14.1 Å². The summed E-state index contributed by atoms with van der Waals surface area (Å²) < 4.78 is 42.4. The molecular weight excluding hydrogens is 418 g/mol. The van der Waals surface area contributed by atoms with Crippen LogP contribution in [0, 0.1) is 11.6 Å². The SMILES string of the molecule is CN(C)C(=O)c1cn2c3c(c(F)c(F)cc3c1=O)Oc1cc3c(cc1-2)oc1ccccc13. The summed E-state index contributed by atoms with van der Waals surface area (Å²) in [6.45, 7) is 0. The van der Waals surface area contributed by atoms with Gasteiger partial charge in [-0.1, -0.05) is 18.2 Å². The average molecular weight is 432 g/mol. The predicted octanol–water partition coefficient (Wildman–Crippen LogP) is 4.98. The summed E-state index contributed by atoms with van der Waals surface area (Å²) in [5, 5.41) is 1.43. The van der Waals surface area contributed by atoms with Gasteiger partial charge < -0.3 is 18.6 Å². The molecule has 0 atom stereocenters. The van der Waals surface area contributed by atoms with Crippen LogP contribution in [0.3, 0.4) is 0 Å². The quantitative estimate of drug-likeness (QED) is 0.368. The van der Waals surface area contributed by atoms with Crippen LogP contribution in [0.4, 0.5) is 8.78 Å². The van der Waals surface area contributed by atoms with Gasteiger partial charge in [0.05, 0.1) is 11.1 Å². The van der Waals surface area contributed by atoms with Gasteiger partial charge in [-0.25, -0.2) is 4.39 Å². The zero-order valence-corrected chi connectivity index (χ0v) is 16.9. The Morgan fingerprint density at radius 1 is 1.00 bits per heavy atom. The highest BCUT2D eigenvalue weighted by Gasteiger charge is 2.29. The van der Waals surface area contributed by atoms with Crippen LogP contribution in [-0.2, 0) is 0 Å². The van der Waals surface area contributed by atoms with E-state index in [2.05, 4.69) is 0 Å². The number of rotatable bonds is 1. The number of ether oxygens (including phenoxy) is 1. The number of fused-ring (bicyclic) bond motifs is 5. The summed E-state index contributed by atoms with van der Waals surface area (Å²) in [6, 6.07) is 11.6. The first-order chi connectivity index (χ1) is 15.3. The van der Waals surface area contributed by atoms with Gasteiger partial charge in [0, 0.05) is 37.1 Å². The molecule has 0 fully saturated rings. The highest BCUT2D eigenvalue weighted by atomic mass is 19.2. The summed E-state index contributed by atoms with van der Waals surface area (Å²) in [6.07, 6.45) is 1.34. The van der Waals surface area contributed by atoms with E-state index in [4.69, 9.17) is 9.15 Å². The predicted molar refractivity (Wildman–Crippen MR) is 115 cm³/mol. The van der Waals surface area contributed by atoms with E-state index in [1.165, 1.54) is 29.8 Å². The van der Waals surface area contributed by atoms with E-state index in [-0.39, 0.29) is 22.2 Å². The maximum atomic E-state index is 14.8. The van der Waals surface area contributed by atoms with Crippen LogP contribution in [0.15, 0.2) is 57.9 Å². The first-order valence-electron chi connectivity index (χ1n) is 9.77. The van der Waals surface area contributed by atoms with Gasteiger partial charge in [-0.3, -0.25) is 9.59 Å². The number of aromatic nitrogens is 1. The zero-order chi connectivity index (χ0) is 22.3. The van der Waals surface area contributed by atoms with Crippen LogP contribution in [0.5, 0.6) is 11.5 Å². The lowest BCUT2D eigenvalue weighted by atomic mass is 10.1. The second-order valence-electron chi connectivity index (χ2n) is 7.86. The first kappa shape index (κ1) is 18.6. The Hall–Kier alpha value is -4.20. The highest BCUT2D eigenvalue weighted by Crippen LogP contribution is 2.45. The van der Waals surface area contributed by atoms with E-state index in [9.17, 15) is 18.4 Å². The number of carbonyl (C=O) groups is 1. The van der Waals surface area contributed by atoms with Gasteiger partial charge in [-0.05, 0) is 18.2 Å². The number of amides is 1. The molecule has 0 radical (unpaired) electrons. The number of pyridine rings is 1. The molecule has 0 unspecified atom stereocenters. The van der Waals surface area contributed by atoms with Crippen molar-refractivity contribution in [1.29, 1.82) is 0 Å². The Morgan fingerprint density at radius 3 is 2.56 bits per heavy atom. The fraction of sp³-hybridized carbons (Fsp3) is 0.0833. The number of para-hydroxylation sites is 1. The fourth-order valence-corrected chi connectivity index (χ4v) is 4.20. The molecule has 1 aliphatic rings. The molecule has 32 heavy (non-hydrogen) atoms. The largest absolute Gasteiger partial charge is 0.456 e. The van der Waals surface area contributed by atoms with Crippen molar-refractivity contribution >= 4 is 38.7 Å². The van der Waals surface area contributed by atoms with Gasteiger partial charge in [0.2, 0.25) is 11.2 Å². The van der Waals surface area contributed by atoms with Crippen LogP contribution in [0.25, 0.3) is 38.5 Å². The van der Waals surface area contributed by atoms with Gasteiger partial charge in [0.25, 0.3) is 5.91 Å². The third kappa shape index (κ3) is 2.31. The summed E-state index contributed by atoms with van der Waals surface area (Å²) in [5.74, 6) is -3.15. The molecule has 1 amide bonds. The smallest absolute Gasteiger partial charge is 0.258 e. The van der Waals surface area contributed by atoms with Gasteiger partial charge in [-0.15, -0.1) is 0 Å². The van der Waals surface area contributed by atoms with E-state index in [0.29, 0.717) is 16.9 Å². The van der Waals surface area contributed by atoms with Crippen molar-refractivity contribution in [3.05, 3.63) is 76.1 Å². The molecule has 0 saturated carbocycles. The van der Waals surface area contributed by atoms with Gasteiger partial charge >= 0.3 is 0 Å². The molecule has 1 aliphatic heterocycles. The van der Waals surface area contributed by atoms with Crippen molar-refractivity contribution in [3.8, 4) is 17.2 Å². The lowest BCUT2D eigenvalue weighted by Gasteiger charge is -2.24. The number of nitrogens with zero attached hydrogens (tertiary/aromatic N) is 2. The molecule has 0 bridgehead atoms. The van der Waals surface area contributed by atoms with Crippen molar-refractivity contribution in [3.63, 3.8) is 0 Å². The second kappa shape index (κ2) is 6.16. The third-order valence-electron chi connectivity index (χ3n) is 5.71. The molecular formula is C24H14F2N2O4. The van der Waals surface area contributed by atoms with Gasteiger partial charge in [0.15, 0.2) is 17.3 Å². The molecule has 6 nitrogen and oxygen atoms in total. The average Bonchev–Trinajstić information content (AvgIpc) is 3.14. The van der Waals surface area contributed by atoms with Crippen molar-refractivity contribution in [2.45, 2.75) is 0 Å². The topological polar surface area (TPSA) is 64.7 Å². The molecule has 3 aromatic carbocycles. The van der Waals surface area contributed by atoms with E-state index in [1.807, 2.05) is 24.3 Å².